The third kappa shape index (κ3) is 3.39. The number of ether oxygens (including phenoxy) is 2. The maximum absolute atomic E-state index is 5.90. The maximum atomic E-state index is 5.90. The Kier molecular flexibility index (Phi) is 4.20. The Balaban J connectivity index is 1.58. The molecule has 0 amide bonds. The van der Waals surface area contributed by atoms with Gasteiger partial charge in [-0.05, 0) is 18.6 Å². The minimum atomic E-state index is 0.558. The van der Waals surface area contributed by atoms with Crippen molar-refractivity contribution in [2.24, 2.45) is 5.92 Å². The van der Waals surface area contributed by atoms with E-state index in [-0.39, 0.29) is 0 Å². The molecule has 2 fully saturated rings. The average molecular weight is 262 g/mol. The van der Waals surface area contributed by atoms with E-state index in [1.807, 2.05) is 6.07 Å². The molecule has 1 unspecified atom stereocenters. The first-order valence-corrected chi connectivity index (χ1v) is 7.18. The molecule has 0 spiro atoms. The predicted molar refractivity (Wildman–Crippen MR) is 75.9 cm³/mol. The molecule has 2 aliphatic heterocycles. The first-order chi connectivity index (χ1) is 9.42. The fourth-order valence-corrected chi connectivity index (χ4v) is 2.62. The topological polar surface area (TPSA) is 33.7 Å². The second-order valence-corrected chi connectivity index (χ2v) is 5.28. The van der Waals surface area contributed by atoms with Crippen LogP contribution in [0.3, 0.4) is 0 Å². The van der Waals surface area contributed by atoms with Crippen molar-refractivity contribution in [3.05, 3.63) is 24.3 Å². The summed E-state index contributed by atoms with van der Waals surface area (Å²) < 4.78 is 11.3. The molecule has 4 nitrogen and oxygen atoms in total. The summed E-state index contributed by atoms with van der Waals surface area (Å²) in [5.41, 5.74) is 1.27. The number of anilines is 1. The highest BCUT2D eigenvalue weighted by molar-refractivity contribution is 5.51. The molecule has 0 aromatic heterocycles. The van der Waals surface area contributed by atoms with Crippen LogP contribution in [-0.2, 0) is 4.74 Å². The third-order valence-electron chi connectivity index (χ3n) is 3.81. The van der Waals surface area contributed by atoms with E-state index in [1.165, 1.54) is 5.69 Å². The zero-order valence-electron chi connectivity index (χ0n) is 11.3. The van der Waals surface area contributed by atoms with Gasteiger partial charge in [0.15, 0.2) is 0 Å². The lowest BCUT2D eigenvalue weighted by Crippen LogP contribution is -2.43. The van der Waals surface area contributed by atoms with Gasteiger partial charge in [-0.25, -0.2) is 0 Å². The molecule has 2 heterocycles. The SMILES string of the molecule is c1cc(OCC2CCOC2)cc(N2CCNCC2)c1. The molecule has 3 rings (SSSR count). The lowest BCUT2D eigenvalue weighted by molar-refractivity contribution is 0.167. The second kappa shape index (κ2) is 6.26. The number of hydrogen-bond donors (Lipinski definition) is 1. The molecule has 0 bridgehead atoms. The molecular weight excluding hydrogens is 240 g/mol. The summed E-state index contributed by atoms with van der Waals surface area (Å²) in [7, 11) is 0. The molecule has 0 saturated carbocycles. The molecule has 2 aliphatic rings. The van der Waals surface area contributed by atoms with Crippen LogP contribution < -0.4 is 15.0 Å². The zero-order valence-corrected chi connectivity index (χ0v) is 11.3. The Bertz CT molecular complexity index is 399. The van der Waals surface area contributed by atoms with Crippen molar-refractivity contribution in [3.8, 4) is 5.75 Å². The molecule has 104 valence electrons. The standard InChI is InChI=1S/C15H22N2O2/c1-2-14(17-7-5-16-6-8-17)10-15(3-1)19-12-13-4-9-18-11-13/h1-3,10,13,16H,4-9,11-12H2. The number of piperazine rings is 1. The zero-order chi connectivity index (χ0) is 12.9. The van der Waals surface area contributed by atoms with Crippen LogP contribution in [0.5, 0.6) is 5.75 Å². The Morgan fingerprint density at radius 2 is 2.21 bits per heavy atom. The number of nitrogens with one attached hydrogen (secondary N) is 1. The third-order valence-corrected chi connectivity index (χ3v) is 3.81. The molecular formula is C15H22N2O2. The van der Waals surface area contributed by atoms with E-state index in [9.17, 15) is 0 Å². The molecule has 19 heavy (non-hydrogen) atoms. The number of nitrogens with zero attached hydrogens (tertiary/aromatic N) is 1. The highest BCUT2D eigenvalue weighted by Crippen LogP contribution is 2.23. The largest absolute Gasteiger partial charge is 0.493 e. The maximum Gasteiger partial charge on any atom is 0.121 e. The fourth-order valence-electron chi connectivity index (χ4n) is 2.62. The van der Waals surface area contributed by atoms with Crippen LogP contribution in [0.1, 0.15) is 6.42 Å². The first-order valence-electron chi connectivity index (χ1n) is 7.18. The molecule has 4 heteroatoms. The molecule has 1 atom stereocenters. The van der Waals surface area contributed by atoms with Crippen LogP contribution in [0.2, 0.25) is 0 Å². The summed E-state index contributed by atoms with van der Waals surface area (Å²) >= 11 is 0. The van der Waals surface area contributed by atoms with Crippen molar-refractivity contribution in [2.75, 3.05) is 50.9 Å². The fraction of sp³-hybridized carbons (Fsp3) is 0.600. The highest BCUT2D eigenvalue weighted by atomic mass is 16.5. The van der Waals surface area contributed by atoms with E-state index in [2.05, 4.69) is 28.4 Å². The molecule has 0 aliphatic carbocycles. The van der Waals surface area contributed by atoms with Gasteiger partial charge < -0.3 is 19.7 Å². The van der Waals surface area contributed by atoms with Crippen molar-refractivity contribution in [3.63, 3.8) is 0 Å². The Morgan fingerprint density at radius 1 is 1.32 bits per heavy atom. The van der Waals surface area contributed by atoms with Gasteiger partial charge in [-0.2, -0.15) is 0 Å². The highest BCUT2D eigenvalue weighted by Gasteiger charge is 2.16. The average Bonchev–Trinajstić information content (AvgIpc) is 3.00. The second-order valence-electron chi connectivity index (χ2n) is 5.28. The minimum Gasteiger partial charge on any atom is -0.493 e. The predicted octanol–water partition coefficient (Wildman–Crippen LogP) is 1.51. The van der Waals surface area contributed by atoms with E-state index in [4.69, 9.17) is 9.47 Å². The van der Waals surface area contributed by atoms with E-state index >= 15 is 0 Å². The van der Waals surface area contributed by atoms with E-state index in [0.29, 0.717) is 5.92 Å². The van der Waals surface area contributed by atoms with Gasteiger partial charge in [0.2, 0.25) is 0 Å². The van der Waals surface area contributed by atoms with Crippen molar-refractivity contribution >= 4 is 5.69 Å². The molecule has 2 saturated heterocycles. The quantitative estimate of drug-likeness (QED) is 0.892. The summed E-state index contributed by atoms with van der Waals surface area (Å²) in [6, 6.07) is 8.44. The van der Waals surface area contributed by atoms with Gasteiger partial charge in [0.25, 0.3) is 0 Å². The smallest absolute Gasteiger partial charge is 0.121 e. The van der Waals surface area contributed by atoms with Crippen LogP contribution in [0.4, 0.5) is 5.69 Å². The van der Waals surface area contributed by atoms with Crippen LogP contribution in [0, 0.1) is 5.92 Å². The first kappa shape index (κ1) is 12.8. The van der Waals surface area contributed by atoms with Gasteiger partial charge in [-0.15, -0.1) is 0 Å². The lowest BCUT2D eigenvalue weighted by Gasteiger charge is -2.29. The van der Waals surface area contributed by atoms with Gasteiger partial charge in [0.05, 0.1) is 13.2 Å². The van der Waals surface area contributed by atoms with Crippen molar-refractivity contribution in [1.82, 2.24) is 5.32 Å². The normalized spacial score (nSPS) is 23.6. The summed E-state index contributed by atoms with van der Waals surface area (Å²) in [5, 5.41) is 3.37. The lowest BCUT2D eigenvalue weighted by atomic mass is 10.1. The molecule has 0 radical (unpaired) electrons. The van der Waals surface area contributed by atoms with Crippen molar-refractivity contribution in [1.29, 1.82) is 0 Å². The minimum absolute atomic E-state index is 0.558. The van der Waals surface area contributed by atoms with Gasteiger partial charge in [0, 0.05) is 50.5 Å². The molecule has 1 aromatic rings. The van der Waals surface area contributed by atoms with Crippen LogP contribution >= 0.6 is 0 Å². The Hall–Kier alpha value is -1.26. The summed E-state index contributed by atoms with van der Waals surface area (Å²) in [6.07, 6.45) is 1.12. The van der Waals surface area contributed by atoms with Crippen LogP contribution in [-0.4, -0.2) is 46.0 Å². The molecule has 1 aromatic carbocycles. The van der Waals surface area contributed by atoms with E-state index < -0.39 is 0 Å². The summed E-state index contributed by atoms with van der Waals surface area (Å²) in [4.78, 5) is 2.40. The van der Waals surface area contributed by atoms with Crippen molar-refractivity contribution < 1.29 is 9.47 Å². The Labute approximate surface area is 114 Å². The van der Waals surface area contributed by atoms with Gasteiger partial charge in [-0.1, -0.05) is 6.07 Å². The van der Waals surface area contributed by atoms with Gasteiger partial charge in [0.1, 0.15) is 5.75 Å². The van der Waals surface area contributed by atoms with E-state index in [0.717, 1.165) is 58.2 Å². The van der Waals surface area contributed by atoms with Crippen LogP contribution in [0.25, 0.3) is 0 Å². The van der Waals surface area contributed by atoms with Gasteiger partial charge in [-0.3, -0.25) is 0 Å². The number of rotatable bonds is 4. The van der Waals surface area contributed by atoms with Crippen molar-refractivity contribution in [2.45, 2.75) is 6.42 Å². The summed E-state index contributed by atoms with van der Waals surface area (Å²) in [6.45, 7) is 6.76. The summed E-state index contributed by atoms with van der Waals surface area (Å²) in [5.74, 6) is 1.53. The number of benzene rings is 1. The van der Waals surface area contributed by atoms with Gasteiger partial charge >= 0.3 is 0 Å². The Morgan fingerprint density at radius 3 is 3.00 bits per heavy atom. The number of hydrogen-bond acceptors (Lipinski definition) is 4. The monoisotopic (exact) mass is 262 g/mol. The van der Waals surface area contributed by atoms with Crippen LogP contribution in [0.15, 0.2) is 24.3 Å². The van der Waals surface area contributed by atoms with E-state index in [1.54, 1.807) is 0 Å². The molecule has 1 N–H and O–H groups in total.